The number of aryl methyl sites for hydroxylation is 1. The first-order valence-corrected chi connectivity index (χ1v) is 9.23. The highest BCUT2D eigenvalue weighted by Crippen LogP contribution is 2.20. The zero-order valence-electron chi connectivity index (χ0n) is 15.8. The third-order valence-corrected chi connectivity index (χ3v) is 5.13. The average Bonchev–Trinajstić information content (AvgIpc) is 3.14. The summed E-state index contributed by atoms with van der Waals surface area (Å²) in [6.07, 6.45) is 5.34. The molecular formula is C20H25N5O2. The molecule has 142 valence electrons. The van der Waals surface area contributed by atoms with Crippen LogP contribution in [0.3, 0.4) is 0 Å². The molecule has 2 aromatic heterocycles. The quantitative estimate of drug-likeness (QED) is 0.742. The molecule has 0 radical (unpaired) electrons. The first-order valence-electron chi connectivity index (χ1n) is 9.23. The molecule has 1 aromatic carbocycles. The molecule has 7 heteroatoms. The van der Waals surface area contributed by atoms with Gasteiger partial charge in [0.2, 0.25) is 0 Å². The van der Waals surface area contributed by atoms with Gasteiger partial charge in [0, 0.05) is 64.4 Å². The predicted octanol–water partition coefficient (Wildman–Crippen LogP) is 1.60. The van der Waals surface area contributed by atoms with E-state index >= 15 is 0 Å². The van der Waals surface area contributed by atoms with Crippen LogP contribution in [0.2, 0.25) is 0 Å². The monoisotopic (exact) mass is 367 g/mol. The number of morpholine rings is 1. The van der Waals surface area contributed by atoms with Crippen LogP contribution in [0.4, 0.5) is 5.82 Å². The van der Waals surface area contributed by atoms with Gasteiger partial charge in [-0.1, -0.05) is 18.2 Å². The minimum absolute atomic E-state index is 0.0401. The number of nitrogens with one attached hydrogen (secondary N) is 1. The van der Waals surface area contributed by atoms with Crippen LogP contribution in [-0.2, 0) is 18.3 Å². The summed E-state index contributed by atoms with van der Waals surface area (Å²) in [7, 11) is 3.63. The largest absolute Gasteiger partial charge is 0.374 e. The smallest absolute Gasteiger partial charge is 0.293 e. The summed E-state index contributed by atoms with van der Waals surface area (Å²) in [6.45, 7) is 3.94. The van der Waals surface area contributed by atoms with Crippen LogP contribution in [0.25, 0.3) is 10.9 Å². The molecule has 7 nitrogen and oxygen atoms in total. The molecule has 1 N–H and O–H groups in total. The van der Waals surface area contributed by atoms with Crippen LogP contribution in [0.5, 0.6) is 0 Å². The standard InChI is InChI=1S/C20H25N5O2/c1-23-9-8-22-19(20(23)26)24(2)13-17-14-25(10-11-27-17)12-16-5-3-4-15-6-7-21-18(15)16/h3-9,17,21H,10-14H2,1-2H3/t17-/m0/s1. The van der Waals surface area contributed by atoms with Crippen LogP contribution in [0, 0.1) is 0 Å². The first-order chi connectivity index (χ1) is 13.1. The highest BCUT2D eigenvalue weighted by Gasteiger charge is 2.23. The second kappa shape index (κ2) is 7.54. The molecule has 0 amide bonds. The van der Waals surface area contributed by atoms with Crippen molar-refractivity contribution in [3.63, 3.8) is 0 Å². The molecule has 0 saturated carbocycles. The van der Waals surface area contributed by atoms with Crippen molar-refractivity contribution < 1.29 is 4.74 Å². The number of benzene rings is 1. The Morgan fingerprint density at radius 1 is 1.37 bits per heavy atom. The van der Waals surface area contributed by atoms with E-state index in [-0.39, 0.29) is 11.7 Å². The summed E-state index contributed by atoms with van der Waals surface area (Å²) in [5.41, 5.74) is 2.41. The molecule has 1 saturated heterocycles. The molecule has 3 heterocycles. The van der Waals surface area contributed by atoms with Crippen molar-refractivity contribution in [1.29, 1.82) is 0 Å². The van der Waals surface area contributed by atoms with Crippen LogP contribution in [0.15, 0.2) is 47.7 Å². The Hall–Kier alpha value is -2.64. The van der Waals surface area contributed by atoms with Crippen molar-refractivity contribution in [3.05, 3.63) is 58.8 Å². The normalized spacial score (nSPS) is 18.1. The maximum atomic E-state index is 12.3. The molecule has 0 unspecified atom stereocenters. The van der Waals surface area contributed by atoms with Gasteiger partial charge in [0.15, 0.2) is 5.82 Å². The number of para-hydroxylation sites is 1. The summed E-state index contributed by atoms with van der Waals surface area (Å²) in [6, 6.07) is 8.50. The molecule has 4 rings (SSSR count). The van der Waals surface area contributed by atoms with E-state index in [1.54, 1.807) is 24.0 Å². The summed E-state index contributed by atoms with van der Waals surface area (Å²) in [5, 5.41) is 1.24. The van der Waals surface area contributed by atoms with Crippen molar-refractivity contribution in [2.75, 3.05) is 38.2 Å². The number of ether oxygens (including phenoxy) is 1. The summed E-state index contributed by atoms with van der Waals surface area (Å²) >= 11 is 0. The Kier molecular flexibility index (Phi) is 4.96. The molecule has 3 aromatic rings. The predicted molar refractivity (Wildman–Crippen MR) is 106 cm³/mol. The molecule has 1 fully saturated rings. The van der Waals surface area contributed by atoms with Crippen molar-refractivity contribution >= 4 is 16.7 Å². The van der Waals surface area contributed by atoms with Gasteiger partial charge < -0.3 is 19.2 Å². The van der Waals surface area contributed by atoms with Crippen LogP contribution < -0.4 is 10.5 Å². The van der Waals surface area contributed by atoms with Crippen LogP contribution in [0.1, 0.15) is 5.56 Å². The molecule has 27 heavy (non-hydrogen) atoms. The Bertz CT molecular complexity index is 980. The zero-order valence-corrected chi connectivity index (χ0v) is 15.8. The van der Waals surface area contributed by atoms with Crippen molar-refractivity contribution in [2.24, 2.45) is 7.05 Å². The topological polar surface area (TPSA) is 66.4 Å². The minimum atomic E-state index is -0.0916. The Labute approximate surface area is 158 Å². The molecule has 1 aliphatic heterocycles. The molecule has 0 aliphatic carbocycles. The lowest BCUT2D eigenvalue weighted by Gasteiger charge is -2.35. The van der Waals surface area contributed by atoms with Gasteiger partial charge in [0.05, 0.1) is 12.7 Å². The van der Waals surface area contributed by atoms with E-state index in [1.165, 1.54) is 16.5 Å². The number of nitrogens with zero attached hydrogens (tertiary/aromatic N) is 4. The number of hydrogen-bond donors (Lipinski definition) is 1. The van der Waals surface area contributed by atoms with E-state index in [0.29, 0.717) is 19.0 Å². The third kappa shape index (κ3) is 3.74. The summed E-state index contributed by atoms with van der Waals surface area (Å²) in [5.74, 6) is 0.455. The lowest BCUT2D eigenvalue weighted by molar-refractivity contribution is -0.0264. The van der Waals surface area contributed by atoms with Gasteiger partial charge in [-0.15, -0.1) is 0 Å². The second-order valence-corrected chi connectivity index (χ2v) is 7.13. The molecule has 0 bridgehead atoms. The van der Waals surface area contributed by atoms with E-state index in [2.05, 4.69) is 39.1 Å². The first kappa shape index (κ1) is 17.8. The fraction of sp³-hybridized carbons (Fsp3) is 0.400. The Morgan fingerprint density at radius 3 is 3.15 bits per heavy atom. The maximum Gasteiger partial charge on any atom is 0.293 e. The number of fused-ring (bicyclic) bond motifs is 1. The van der Waals surface area contributed by atoms with Crippen molar-refractivity contribution in [3.8, 4) is 0 Å². The van der Waals surface area contributed by atoms with Crippen LogP contribution >= 0.6 is 0 Å². The zero-order chi connectivity index (χ0) is 18.8. The van der Waals surface area contributed by atoms with Gasteiger partial charge in [-0.3, -0.25) is 9.69 Å². The molecule has 1 aliphatic rings. The van der Waals surface area contributed by atoms with Crippen molar-refractivity contribution in [1.82, 2.24) is 19.4 Å². The molecule has 1 atom stereocenters. The Balaban J connectivity index is 1.43. The van der Waals surface area contributed by atoms with Gasteiger partial charge in [-0.25, -0.2) is 4.98 Å². The molecular weight excluding hydrogens is 342 g/mol. The summed E-state index contributed by atoms with van der Waals surface area (Å²) in [4.78, 5) is 24.1. The van der Waals surface area contributed by atoms with Gasteiger partial charge in [-0.05, 0) is 17.0 Å². The van der Waals surface area contributed by atoms with Gasteiger partial charge >= 0.3 is 0 Å². The number of anilines is 1. The number of aromatic amines is 1. The van der Waals surface area contributed by atoms with E-state index in [4.69, 9.17) is 4.74 Å². The third-order valence-electron chi connectivity index (χ3n) is 5.13. The van der Waals surface area contributed by atoms with Crippen molar-refractivity contribution in [2.45, 2.75) is 12.6 Å². The van der Waals surface area contributed by atoms with E-state index in [1.807, 2.05) is 18.1 Å². The average molecular weight is 367 g/mol. The highest BCUT2D eigenvalue weighted by molar-refractivity contribution is 5.82. The number of aromatic nitrogens is 3. The van der Waals surface area contributed by atoms with Crippen LogP contribution in [-0.4, -0.2) is 58.8 Å². The number of rotatable bonds is 5. The number of likely N-dealkylation sites (N-methyl/N-ethyl adjacent to an activating group) is 1. The maximum absolute atomic E-state index is 12.3. The lowest BCUT2D eigenvalue weighted by Crippen LogP contribution is -2.47. The highest BCUT2D eigenvalue weighted by atomic mass is 16.5. The fourth-order valence-electron chi connectivity index (χ4n) is 3.70. The minimum Gasteiger partial charge on any atom is -0.374 e. The SMILES string of the molecule is CN(C[C@H]1CN(Cc2cccc3cc[nH]c23)CCO1)c1nccn(C)c1=O. The number of hydrogen-bond acceptors (Lipinski definition) is 5. The second-order valence-electron chi connectivity index (χ2n) is 7.13. The Morgan fingerprint density at radius 2 is 2.26 bits per heavy atom. The van der Waals surface area contributed by atoms with E-state index in [9.17, 15) is 4.79 Å². The van der Waals surface area contributed by atoms with Gasteiger partial charge in [-0.2, -0.15) is 0 Å². The van der Waals surface area contributed by atoms with Gasteiger partial charge in [0.1, 0.15) is 0 Å². The summed E-state index contributed by atoms with van der Waals surface area (Å²) < 4.78 is 7.50. The van der Waals surface area contributed by atoms with Gasteiger partial charge in [0.25, 0.3) is 5.56 Å². The number of H-pyrrole nitrogens is 1. The fourth-order valence-corrected chi connectivity index (χ4v) is 3.70. The van der Waals surface area contributed by atoms with E-state index < -0.39 is 0 Å². The molecule has 0 spiro atoms. The lowest BCUT2D eigenvalue weighted by atomic mass is 10.1. The van der Waals surface area contributed by atoms with E-state index in [0.717, 1.165) is 19.6 Å².